The number of methoxy groups -OCH3 is 1. The van der Waals surface area contributed by atoms with Crippen molar-refractivity contribution in [3.63, 3.8) is 0 Å². The molecule has 1 N–H and O–H groups in total. The van der Waals surface area contributed by atoms with Crippen LogP contribution in [0.2, 0.25) is 0 Å². The topological polar surface area (TPSA) is 24.5 Å². The predicted molar refractivity (Wildman–Crippen MR) is 75.6 cm³/mol. The van der Waals surface area contributed by atoms with Crippen LogP contribution in [0.4, 0.5) is 0 Å². The van der Waals surface area contributed by atoms with Gasteiger partial charge in [0, 0.05) is 25.3 Å². The van der Waals surface area contributed by atoms with E-state index in [4.69, 9.17) is 4.74 Å². The van der Waals surface area contributed by atoms with Crippen LogP contribution in [0.3, 0.4) is 0 Å². The highest BCUT2D eigenvalue weighted by molar-refractivity contribution is 4.92. The van der Waals surface area contributed by atoms with Crippen molar-refractivity contribution in [1.29, 1.82) is 0 Å². The highest BCUT2D eigenvalue weighted by Gasteiger charge is 2.32. The minimum Gasteiger partial charge on any atom is -0.385 e. The van der Waals surface area contributed by atoms with Gasteiger partial charge in [-0.15, -0.1) is 0 Å². The predicted octanol–water partition coefficient (Wildman–Crippen LogP) is 2.51. The number of rotatable bonds is 10. The molecule has 0 aromatic carbocycles. The lowest BCUT2D eigenvalue weighted by atomic mass is 9.88. The van der Waals surface area contributed by atoms with Crippen LogP contribution < -0.4 is 5.32 Å². The summed E-state index contributed by atoms with van der Waals surface area (Å²) >= 11 is 0. The van der Waals surface area contributed by atoms with Gasteiger partial charge in [-0.3, -0.25) is 4.90 Å². The van der Waals surface area contributed by atoms with Crippen molar-refractivity contribution >= 4 is 0 Å². The van der Waals surface area contributed by atoms with Gasteiger partial charge in [-0.25, -0.2) is 0 Å². The minimum absolute atomic E-state index is 0.202. The molecule has 0 saturated heterocycles. The second-order valence-electron chi connectivity index (χ2n) is 5.07. The van der Waals surface area contributed by atoms with Crippen LogP contribution >= 0.6 is 0 Å². The Labute approximate surface area is 108 Å². The van der Waals surface area contributed by atoms with Gasteiger partial charge in [0.15, 0.2) is 0 Å². The van der Waals surface area contributed by atoms with E-state index in [0.29, 0.717) is 6.04 Å². The zero-order valence-corrected chi connectivity index (χ0v) is 12.7. The van der Waals surface area contributed by atoms with Crippen LogP contribution in [-0.2, 0) is 4.74 Å². The number of hydrogen-bond acceptors (Lipinski definition) is 3. The molecule has 0 bridgehead atoms. The fraction of sp³-hybridized carbons (Fsp3) is 1.00. The summed E-state index contributed by atoms with van der Waals surface area (Å²) in [7, 11) is 1.78. The Morgan fingerprint density at radius 2 is 1.76 bits per heavy atom. The molecule has 0 aliphatic heterocycles. The lowest BCUT2D eigenvalue weighted by molar-refractivity contribution is 0.0823. The number of hydrogen-bond donors (Lipinski definition) is 1. The van der Waals surface area contributed by atoms with Crippen molar-refractivity contribution in [2.24, 2.45) is 0 Å². The summed E-state index contributed by atoms with van der Waals surface area (Å²) in [5, 5.41) is 3.63. The molecule has 3 heteroatoms. The summed E-state index contributed by atoms with van der Waals surface area (Å²) in [6.45, 7) is 15.5. The van der Waals surface area contributed by atoms with Gasteiger partial charge in [0.05, 0.1) is 0 Å². The maximum atomic E-state index is 5.15. The normalized spacial score (nSPS) is 14.3. The highest BCUT2D eigenvalue weighted by atomic mass is 16.5. The fourth-order valence-corrected chi connectivity index (χ4v) is 2.64. The zero-order chi connectivity index (χ0) is 13.3. The second-order valence-corrected chi connectivity index (χ2v) is 5.07. The molecule has 0 amide bonds. The van der Waals surface area contributed by atoms with E-state index in [1.54, 1.807) is 7.11 Å². The minimum atomic E-state index is 0.202. The van der Waals surface area contributed by atoms with Gasteiger partial charge in [0.1, 0.15) is 0 Å². The largest absolute Gasteiger partial charge is 0.385 e. The summed E-state index contributed by atoms with van der Waals surface area (Å²) in [5.74, 6) is 0. The van der Waals surface area contributed by atoms with Crippen molar-refractivity contribution < 1.29 is 4.74 Å². The molecule has 0 aliphatic rings. The zero-order valence-electron chi connectivity index (χ0n) is 12.7. The van der Waals surface area contributed by atoms with Gasteiger partial charge in [0.25, 0.3) is 0 Å². The van der Waals surface area contributed by atoms with E-state index in [1.807, 2.05) is 0 Å². The molecule has 0 aromatic heterocycles. The van der Waals surface area contributed by atoms with E-state index in [1.165, 1.54) is 6.42 Å². The Morgan fingerprint density at radius 1 is 1.18 bits per heavy atom. The Balaban J connectivity index is 4.52. The lowest BCUT2D eigenvalue weighted by Crippen LogP contribution is -2.57. The first-order valence-corrected chi connectivity index (χ1v) is 7.01. The van der Waals surface area contributed by atoms with E-state index in [2.05, 4.69) is 44.8 Å². The van der Waals surface area contributed by atoms with Crippen LogP contribution in [-0.4, -0.2) is 49.8 Å². The molecule has 0 radical (unpaired) electrons. The van der Waals surface area contributed by atoms with Crippen LogP contribution in [0.25, 0.3) is 0 Å². The van der Waals surface area contributed by atoms with Crippen LogP contribution in [0.15, 0.2) is 0 Å². The molecule has 0 spiro atoms. The molecule has 1 unspecified atom stereocenters. The van der Waals surface area contributed by atoms with Crippen LogP contribution in [0.5, 0.6) is 0 Å². The standard InChI is InChI=1S/C14H32N2O/c1-7-15-13(11-10-12-17-6)14(4,5)16(8-2)9-3/h13,15H,7-12H2,1-6H3. The van der Waals surface area contributed by atoms with Gasteiger partial charge in [-0.2, -0.15) is 0 Å². The van der Waals surface area contributed by atoms with Gasteiger partial charge in [-0.05, 0) is 46.3 Å². The number of likely N-dealkylation sites (N-methyl/N-ethyl adjacent to an activating group) is 2. The van der Waals surface area contributed by atoms with Crippen molar-refractivity contribution in [3.8, 4) is 0 Å². The van der Waals surface area contributed by atoms with Crippen LogP contribution in [0.1, 0.15) is 47.5 Å². The third kappa shape index (κ3) is 5.36. The molecule has 0 aromatic rings. The first-order chi connectivity index (χ1) is 8.04. The van der Waals surface area contributed by atoms with E-state index >= 15 is 0 Å². The second kappa shape index (κ2) is 8.90. The number of nitrogens with zero attached hydrogens (tertiary/aromatic N) is 1. The average Bonchev–Trinajstić information content (AvgIpc) is 2.29. The van der Waals surface area contributed by atoms with E-state index in [0.717, 1.165) is 32.7 Å². The van der Waals surface area contributed by atoms with Gasteiger partial charge >= 0.3 is 0 Å². The quantitative estimate of drug-likeness (QED) is 0.598. The molecule has 3 nitrogen and oxygen atoms in total. The molecule has 1 atom stereocenters. The fourth-order valence-electron chi connectivity index (χ4n) is 2.64. The molecule has 0 rings (SSSR count). The maximum absolute atomic E-state index is 5.15. The third-order valence-electron chi connectivity index (χ3n) is 3.72. The molecule has 0 heterocycles. The Morgan fingerprint density at radius 3 is 2.18 bits per heavy atom. The van der Waals surface area contributed by atoms with Gasteiger partial charge in [-0.1, -0.05) is 20.8 Å². The van der Waals surface area contributed by atoms with Crippen LogP contribution in [0, 0.1) is 0 Å². The third-order valence-corrected chi connectivity index (χ3v) is 3.72. The van der Waals surface area contributed by atoms with E-state index < -0.39 is 0 Å². The summed E-state index contributed by atoms with van der Waals surface area (Å²) < 4.78 is 5.15. The lowest BCUT2D eigenvalue weighted by Gasteiger charge is -2.44. The first kappa shape index (κ1) is 16.9. The van der Waals surface area contributed by atoms with Gasteiger partial charge < -0.3 is 10.1 Å². The maximum Gasteiger partial charge on any atom is 0.0462 e. The Kier molecular flexibility index (Phi) is 8.83. The SMILES string of the molecule is CCNC(CCCOC)C(C)(C)N(CC)CC. The molecule has 0 aliphatic carbocycles. The average molecular weight is 244 g/mol. The van der Waals surface area contributed by atoms with Crippen molar-refractivity contribution in [1.82, 2.24) is 10.2 Å². The van der Waals surface area contributed by atoms with Gasteiger partial charge in [0.2, 0.25) is 0 Å². The summed E-state index contributed by atoms with van der Waals surface area (Å²) in [6, 6.07) is 0.530. The summed E-state index contributed by atoms with van der Waals surface area (Å²) in [4.78, 5) is 2.53. The summed E-state index contributed by atoms with van der Waals surface area (Å²) in [6.07, 6.45) is 2.30. The Bertz CT molecular complexity index is 179. The monoisotopic (exact) mass is 244 g/mol. The number of ether oxygens (including phenoxy) is 1. The molecular formula is C14H32N2O. The molecule has 0 fully saturated rings. The number of nitrogens with one attached hydrogen (secondary N) is 1. The smallest absolute Gasteiger partial charge is 0.0462 e. The summed E-state index contributed by atoms with van der Waals surface area (Å²) in [5.41, 5.74) is 0.202. The molecular weight excluding hydrogens is 212 g/mol. The first-order valence-electron chi connectivity index (χ1n) is 7.01. The molecule has 17 heavy (non-hydrogen) atoms. The Hall–Kier alpha value is -0.120. The molecule has 104 valence electrons. The van der Waals surface area contributed by atoms with E-state index in [9.17, 15) is 0 Å². The van der Waals surface area contributed by atoms with E-state index in [-0.39, 0.29) is 5.54 Å². The molecule has 0 saturated carbocycles. The van der Waals surface area contributed by atoms with Crippen molar-refractivity contribution in [2.75, 3.05) is 33.4 Å². The highest BCUT2D eigenvalue weighted by Crippen LogP contribution is 2.22. The van der Waals surface area contributed by atoms with Crippen molar-refractivity contribution in [3.05, 3.63) is 0 Å². The van der Waals surface area contributed by atoms with Crippen molar-refractivity contribution in [2.45, 2.75) is 59.0 Å².